The number of nitrogens with one attached hydrogen (secondary N) is 1. The first-order chi connectivity index (χ1) is 11.2. The highest BCUT2D eigenvalue weighted by molar-refractivity contribution is 5.48. The monoisotopic (exact) mass is 312 g/mol. The number of aryl methyl sites for hydroxylation is 2. The Morgan fingerprint density at radius 1 is 1.26 bits per heavy atom. The highest BCUT2D eigenvalue weighted by Gasteiger charge is 2.33. The van der Waals surface area contributed by atoms with E-state index in [-0.39, 0.29) is 11.6 Å². The number of fused-ring (bicyclic) bond motifs is 1. The molecule has 2 aromatic heterocycles. The molecule has 120 valence electrons. The summed E-state index contributed by atoms with van der Waals surface area (Å²) in [7, 11) is 1.91. The molecule has 0 aromatic carbocycles. The first-order valence-corrected chi connectivity index (χ1v) is 8.09. The van der Waals surface area contributed by atoms with Crippen LogP contribution in [-0.2, 0) is 12.8 Å². The Balaban J connectivity index is 1.45. The Morgan fingerprint density at radius 3 is 2.91 bits per heavy atom. The topological polar surface area (TPSA) is 78.0 Å². The molecule has 7 heteroatoms. The lowest BCUT2D eigenvalue weighted by atomic mass is 9.96. The lowest BCUT2D eigenvalue weighted by Gasteiger charge is -2.44. The van der Waals surface area contributed by atoms with Crippen molar-refractivity contribution in [3.05, 3.63) is 40.1 Å². The van der Waals surface area contributed by atoms with Crippen LogP contribution in [0.1, 0.15) is 24.1 Å². The van der Waals surface area contributed by atoms with Crippen molar-refractivity contribution in [2.75, 3.05) is 29.9 Å². The van der Waals surface area contributed by atoms with Crippen LogP contribution in [0.4, 0.5) is 11.6 Å². The normalized spacial score (nSPS) is 17.5. The van der Waals surface area contributed by atoms with Crippen molar-refractivity contribution in [1.82, 2.24) is 20.2 Å². The molecule has 4 rings (SSSR count). The summed E-state index contributed by atoms with van der Waals surface area (Å²) < 4.78 is 0. The fourth-order valence-corrected chi connectivity index (χ4v) is 3.29. The number of aromatic nitrogens is 4. The van der Waals surface area contributed by atoms with Gasteiger partial charge in [0.15, 0.2) is 11.6 Å². The van der Waals surface area contributed by atoms with Gasteiger partial charge in [0.1, 0.15) is 0 Å². The van der Waals surface area contributed by atoms with Gasteiger partial charge in [-0.05, 0) is 37.3 Å². The second-order valence-corrected chi connectivity index (χ2v) is 6.29. The van der Waals surface area contributed by atoms with Gasteiger partial charge < -0.3 is 14.8 Å². The molecule has 0 atom stereocenters. The predicted molar refractivity (Wildman–Crippen MR) is 87.9 cm³/mol. The van der Waals surface area contributed by atoms with E-state index in [2.05, 4.69) is 31.1 Å². The third-order valence-corrected chi connectivity index (χ3v) is 4.81. The number of likely N-dealkylation sites (N-methyl/N-ethyl adjacent to an activating group) is 1. The minimum Gasteiger partial charge on any atom is -0.351 e. The lowest BCUT2D eigenvalue weighted by Crippen LogP contribution is -2.60. The maximum atomic E-state index is 11.8. The number of anilines is 2. The molecule has 7 nitrogen and oxygen atoms in total. The Bertz CT molecular complexity index is 767. The molecule has 0 spiro atoms. The molecule has 1 aliphatic heterocycles. The summed E-state index contributed by atoms with van der Waals surface area (Å²) in [5.74, 6) is 1.42. The lowest BCUT2D eigenvalue weighted by molar-refractivity contribution is 0.485. The van der Waals surface area contributed by atoms with Gasteiger partial charge in [0.25, 0.3) is 5.56 Å². The number of nitrogens with zero attached hydrogens (tertiary/aromatic N) is 5. The minimum absolute atomic E-state index is 0.151. The fourth-order valence-electron chi connectivity index (χ4n) is 3.29. The number of hydrogen-bond acceptors (Lipinski definition) is 6. The van der Waals surface area contributed by atoms with Crippen LogP contribution >= 0.6 is 0 Å². The summed E-state index contributed by atoms with van der Waals surface area (Å²) in [4.78, 5) is 22.8. The molecule has 1 fully saturated rings. The van der Waals surface area contributed by atoms with Gasteiger partial charge in [0.2, 0.25) is 0 Å². The predicted octanol–water partition coefficient (Wildman–Crippen LogP) is 0.764. The van der Waals surface area contributed by atoms with Gasteiger partial charge in [-0.1, -0.05) is 0 Å². The van der Waals surface area contributed by atoms with Crippen molar-refractivity contribution >= 4 is 11.6 Å². The molecule has 2 aliphatic rings. The van der Waals surface area contributed by atoms with Crippen molar-refractivity contribution in [3.63, 3.8) is 0 Å². The molecular formula is C16H20N6O. The number of hydrogen-bond donors (Lipinski definition) is 1. The zero-order valence-corrected chi connectivity index (χ0v) is 13.2. The third kappa shape index (κ3) is 2.56. The molecule has 3 heterocycles. The standard InChI is InChI=1S/C16H20N6O/c1-21(15-16(23)18-7-6-17-15)12-9-22(10-12)14-8-11-4-2-3-5-13(11)19-20-14/h6-8,12H,2-5,9-10H2,1H3,(H,18,23). The highest BCUT2D eigenvalue weighted by Crippen LogP contribution is 2.26. The van der Waals surface area contributed by atoms with E-state index in [9.17, 15) is 4.79 Å². The molecule has 0 saturated carbocycles. The van der Waals surface area contributed by atoms with Gasteiger partial charge in [-0.15, -0.1) is 5.10 Å². The van der Waals surface area contributed by atoms with E-state index in [1.54, 1.807) is 12.4 Å². The van der Waals surface area contributed by atoms with Crippen molar-refractivity contribution in [3.8, 4) is 0 Å². The summed E-state index contributed by atoms with van der Waals surface area (Å²) in [5.41, 5.74) is 2.36. The zero-order chi connectivity index (χ0) is 15.8. The molecule has 1 N–H and O–H groups in total. The molecule has 1 aliphatic carbocycles. The van der Waals surface area contributed by atoms with Crippen molar-refractivity contribution < 1.29 is 0 Å². The fraction of sp³-hybridized carbons (Fsp3) is 0.500. The van der Waals surface area contributed by atoms with Crippen LogP contribution in [0.15, 0.2) is 23.3 Å². The van der Waals surface area contributed by atoms with Crippen LogP contribution in [0.5, 0.6) is 0 Å². The van der Waals surface area contributed by atoms with Crippen LogP contribution < -0.4 is 15.4 Å². The Labute approximate surface area is 134 Å². The molecule has 0 amide bonds. The zero-order valence-electron chi connectivity index (χ0n) is 13.2. The number of aromatic amines is 1. The Hall–Kier alpha value is -2.44. The smallest absolute Gasteiger partial charge is 0.290 e. The Morgan fingerprint density at radius 2 is 2.09 bits per heavy atom. The first kappa shape index (κ1) is 14.2. The van der Waals surface area contributed by atoms with Gasteiger partial charge >= 0.3 is 0 Å². The van der Waals surface area contributed by atoms with Crippen LogP contribution in [0.3, 0.4) is 0 Å². The minimum atomic E-state index is -0.151. The first-order valence-electron chi connectivity index (χ1n) is 8.09. The van der Waals surface area contributed by atoms with E-state index in [1.807, 2.05) is 11.9 Å². The molecule has 0 radical (unpaired) electrons. The van der Waals surface area contributed by atoms with Crippen LogP contribution in [0, 0.1) is 0 Å². The average molecular weight is 312 g/mol. The van der Waals surface area contributed by atoms with Gasteiger partial charge in [0, 0.05) is 32.5 Å². The van der Waals surface area contributed by atoms with Gasteiger partial charge in [-0.3, -0.25) is 4.79 Å². The maximum Gasteiger partial charge on any atom is 0.290 e. The van der Waals surface area contributed by atoms with Crippen LogP contribution in [0.2, 0.25) is 0 Å². The summed E-state index contributed by atoms with van der Waals surface area (Å²) in [6.07, 6.45) is 7.78. The largest absolute Gasteiger partial charge is 0.351 e. The number of rotatable bonds is 3. The summed E-state index contributed by atoms with van der Waals surface area (Å²) in [5, 5.41) is 8.76. The molecule has 0 bridgehead atoms. The van der Waals surface area contributed by atoms with E-state index in [4.69, 9.17) is 0 Å². The Kier molecular flexibility index (Phi) is 3.48. The highest BCUT2D eigenvalue weighted by atomic mass is 16.1. The average Bonchev–Trinajstić information content (AvgIpc) is 2.53. The SMILES string of the molecule is CN(c1ncc[nH]c1=O)C1CN(c2cc3c(nn2)CCCC3)C1. The second kappa shape index (κ2) is 5.64. The van der Waals surface area contributed by atoms with E-state index in [0.29, 0.717) is 5.82 Å². The molecule has 0 unspecified atom stereocenters. The number of H-pyrrole nitrogens is 1. The van der Waals surface area contributed by atoms with E-state index >= 15 is 0 Å². The van der Waals surface area contributed by atoms with E-state index in [1.165, 1.54) is 18.4 Å². The third-order valence-electron chi connectivity index (χ3n) is 4.81. The maximum absolute atomic E-state index is 11.8. The van der Waals surface area contributed by atoms with Crippen molar-refractivity contribution in [1.29, 1.82) is 0 Å². The van der Waals surface area contributed by atoms with E-state index in [0.717, 1.165) is 37.4 Å². The van der Waals surface area contributed by atoms with E-state index < -0.39 is 0 Å². The van der Waals surface area contributed by atoms with Crippen molar-refractivity contribution in [2.24, 2.45) is 0 Å². The van der Waals surface area contributed by atoms with Gasteiger partial charge in [-0.2, -0.15) is 5.10 Å². The quantitative estimate of drug-likeness (QED) is 0.902. The molecule has 23 heavy (non-hydrogen) atoms. The molecule has 2 aromatic rings. The van der Waals surface area contributed by atoms with Crippen LogP contribution in [0.25, 0.3) is 0 Å². The molecule has 1 saturated heterocycles. The molecular weight excluding hydrogens is 292 g/mol. The summed E-state index contributed by atoms with van der Waals surface area (Å²) in [6, 6.07) is 2.45. The van der Waals surface area contributed by atoms with Gasteiger partial charge in [0.05, 0.1) is 11.7 Å². The summed E-state index contributed by atoms with van der Waals surface area (Å²) >= 11 is 0. The van der Waals surface area contributed by atoms with Crippen molar-refractivity contribution in [2.45, 2.75) is 31.7 Å². The van der Waals surface area contributed by atoms with Crippen LogP contribution in [-0.4, -0.2) is 46.3 Å². The summed E-state index contributed by atoms with van der Waals surface area (Å²) in [6.45, 7) is 1.67. The second-order valence-electron chi connectivity index (χ2n) is 6.29. The van der Waals surface area contributed by atoms with Gasteiger partial charge in [-0.25, -0.2) is 4.98 Å².